The minimum atomic E-state index is 0.844. The zero-order chi connectivity index (χ0) is 15.9. The molecule has 0 unspecified atom stereocenters. The number of rotatable bonds is 2. The first-order valence-electron chi connectivity index (χ1n) is 7.71. The summed E-state index contributed by atoms with van der Waals surface area (Å²) in [5.41, 5.74) is 11.2. The SMILES string of the molecule is S/C1=C/C(c2ccccc2)=C\CC(/C2=C/C=C=CC=C=C2)=C\C1. The fourth-order valence-electron chi connectivity index (χ4n) is 2.57. The molecule has 1 aromatic carbocycles. The fourth-order valence-corrected chi connectivity index (χ4v) is 2.80. The molecule has 0 saturated carbocycles. The summed E-state index contributed by atoms with van der Waals surface area (Å²) < 4.78 is 0. The molecule has 3 rings (SSSR count). The van der Waals surface area contributed by atoms with Gasteiger partial charge in [-0.15, -0.1) is 24.1 Å². The summed E-state index contributed by atoms with van der Waals surface area (Å²) in [6.07, 6.45) is 18.2. The highest BCUT2D eigenvalue weighted by atomic mass is 32.1. The van der Waals surface area contributed by atoms with Crippen LogP contribution in [0.5, 0.6) is 0 Å². The fraction of sp³-hybridized carbons (Fsp3) is 0.0909. The summed E-state index contributed by atoms with van der Waals surface area (Å²) in [5, 5.41) is 0. The van der Waals surface area contributed by atoms with E-state index in [0.29, 0.717) is 0 Å². The third-order valence-corrected chi connectivity index (χ3v) is 4.08. The van der Waals surface area contributed by atoms with Gasteiger partial charge >= 0.3 is 0 Å². The second-order valence-electron chi connectivity index (χ2n) is 5.40. The van der Waals surface area contributed by atoms with Crippen LogP contribution in [0.25, 0.3) is 5.57 Å². The van der Waals surface area contributed by atoms with Gasteiger partial charge in [-0.2, -0.15) is 0 Å². The quantitative estimate of drug-likeness (QED) is 0.505. The molecule has 0 nitrogen and oxygen atoms in total. The van der Waals surface area contributed by atoms with Crippen LogP contribution in [0.15, 0.2) is 106 Å². The van der Waals surface area contributed by atoms with Gasteiger partial charge in [0.1, 0.15) is 0 Å². The maximum Gasteiger partial charge on any atom is -0.00335 e. The van der Waals surface area contributed by atoms with Crippen molar-refractivity contribution in [2.75, 3.05) is 0 Å². The first-order valence-corrected chi connectivity index (χ1v) is 8.16. The number of benzene rings is 1. The maximum absolute atomic E-state index is 4.63. The predicted molar refractivity (Wildman–Crippen MR) is 102 cm³/mol. The van der Waals surface area contributed by atoms with E-state index in [-0.39, 0.29) is 0 Å². The van der Waals surface area contributed by atoms with Crippen LogP contribution in [0.1, 0.15) is 18.4 Å². The van der Waals surface area contributed by atoms with Crippen molar-refractivity contribution in [1.82, 2.24) is 0 Å². The molecule has 0 amide bonds. The lowest BCUT2D eigenvalue weighted by Crippen LogP contribution is -1.92. The molecular weight excluding hydrogens is 296 g/mol. The second kappa shape index (κ2) is 7.72. The van der Waals surface area contributed by atoms with Gasteiger partial charge in [0.2, 0.25) is 0 Å². The normalized spacial score (nSPS) is 26.3. The summed E-state index contributed by atoms with van der Waals surface area (Å²) in [6.45, 7) is 0. The molecule has 2 aliphatic rings. The highest BCUT2D eigenvalue weighted by Gasteiger charge is 2.07. The van der Waals surface area contributed by atoms with Crippen LogP contribution in [0.2, 0.25) is 0 Å². The van der Waals surface area contributed by atoms with Crippen LogP contribution in [0.4, 0.5) is 0 Å². The molecular formula is C22H18S. The van der Waals surface area contributed by atoms with Gasteiger partial charge in [0.25, 0.3) is 0 Å². The zero-order valence-electron chi connectivity index (χ0n) is 12.9. The van der Waals surface area contributed by atoms with Crippen molar-refractivity contribution < 1.29 is 0 Å². The van der Waals surface area contributed by atoms with E-state index in [1.165, 1.54) is 22.3 Å². The summed E-state index contributed by atoms with van der Waals surface area (Å²) in [4.78, 5) is 1.07. The smallest absolute Gasteiger partial charge is 0.00335 e. The molecule has 1 aromatic rings. The zero-order valence-corrected chi connectivity index (χ0v) is 13.8. The molecule has 2 aliphatic carbocycles. The van der Waals surface area contributed by atoms with Crippen molar-refractivity contribution >= 4 is 18.2 Å². The van der Waals surface area contributed by atoms with Crippen molar-refractivity contribution in [3.63, 3.8) is 0 Å². The van der Waals surface area contributed by atoms with E-state index in [2.05, 4.69) is 72.7 Å². The van der Waals surface area contributed by atoms with Crippen molar-refractivity contribution in [1.29, 1.82) is 0 Å². The minimum Gasteiger partial charge on any atom is -0.148 e. The Kier molecular flexibility index (Phi) is 5.19. The lowest BCUT2D eigenvalue weighted by Gasteiger charge is -2.12. The Morgan fingerprint density at radius 3 is 2.52 bits per heavy atom. The Morgan fingerprint density at radius 2 is 1.65 bits per heavy atom. The Bertz CT molecular complexity index is 829. The van der Waals surface area contributed by atoms with E-state index >= 15 is 0 Å². The standard InChI is InChI=1S/C22H18S/c23-22-16-15-20(18-9-5-2-1-3-6-10-18)13-14-21(17-22)19-11-7-4-8-12-19/h1-2,4,6-12,14-15,17,23H,13,16H2/b18-10+,20-15+,21-14+,22-17+. The second-order valence-corrected chi connectivity index (χ2v) is 5.97. The Morgan fingerprint density at radius 1 is 0.826 bits per heavy atom. The van der Waals surface area contributed by atoms with Gasteiger partial charge in [-0.25, -0.2) is 0 Å². The van der Waals surface area contributed by atoms with E-state index in [1.807, 2.05) is 30.4 Å². The monoisotopic (exact) mass is 314 g/mol. The lowest BCUT2D eigenvalue weighted by atomic mass is 9.95. The predicted octanol–water partition coefficient (Wildman–Crippen LogP) is 5.97. The van der Waals surface area contributed by atoms with E-state index in [9.17, 15) is 0 Å². The average molecular weight is 314 g/mol. The summed E-state index contributed by atoms with van der Waals surface area (Å²) >= 11 is 4.63. The molecule has 0 aromatic heterocycles. The largest absolute Gasteiger partial charge is 0.148 e. The molecule has 0 fully saturated rings. The average Bonchev–Trinajstić information content (AvgIpc) is 2.53. The van der Waals surface area contributed by atoms with Gasteiger partial charge in [-0.3, -0.25) is 0 Å². The Balaban J connectivity index is 1.96. The molecule has 0 heterocycles. The Hall–Kier alpha value is -2.43. The highest BCUT2D eigenvalue weighted by Crippen LogP contribution is 2.28. The first kappa shape index (κ1) is 15.5. The maximum atomic E-state index is 4.63. The molecule has 1 heteroatoms. The molecule has 23 heavy (non-hydrogen) atoms. The molecule has 0 aliphatic heterocycles. The van der Waals surface area contributed by atoms with Crippen LogP contribution < -0.4 is 0 Å². The number of hydrogen-bond acceptors (Lipinski definition) is 1. The van der Waals surface area contributed by atoms with Crippen LogP contribution in [-0.4, -0.2) is 0 Å². The lowest BCUT2D eigenvalue weighted by molar-refractivity contribution is 1.18. The molecule has 0 radical (unpaired) electrons. The van der Waals surface area contributed by atoms with Gasteiger partial charge in [0, 0.05) is 0 Å². The number of allylic oxidation sites excluding steroid dienone is 10. The van der Waals surface area contributed by atoms with Gasteiger partial charge in [-0.1, -0.05) is 42.5 Å². The molecule has 0 N–H and O–H groups in total. The van der Waals surface area contributed by atoms with Gasteiger partial charge in [-0.05, 0) is 76.5 Å². The van der Waals surface area contributed by atoms with E-state index in [4.69, 9.17) is 0 Å². The van der Waals surface area contributed by atoms with Gasteiger partial charge < -0.3 is 0 Å². The summed E-state index contributed by atoms with van der Waals surface area (Å²) in [5.74, 6) is 0. The molecule has 0 saturated heterocycles. The van der Waals surface area contributed by atoms with Crippen molar-refractivity contribution in [3.8, 4) is 0 Å². The van der Waals surface area contributed by atoms with Crippen LogP contribution in [-0.2, 0) is 0 Å². The van der Waals surface area contributed by atoms with Crippen molar-refractivity contribution in [2.45, 2.75) is 12.8 Å². The molecule has 0 bridgehead atoms. The van der Waals surface area contributed by atoms with E-state index in [0.717, 1.165) is 17.7 Å². The van der Waals surface area contributed by atoms with Crippen LogP contribution in [0, 0.1) is 0 Å². The van der Waals surface area contributed by atoms with Crippen molar-refractivity contribution in [3.05, 3.63) is 112 Å². The van der Waals surface area contributed by atoms with Crippen molar-refractivity contribution in [2.24, 2.45) is 0 Å². The topological polar surface area (TPSA) is 0 Å². The molecule has 112 valence electrons. The third-order valence-electron chi connectivity index (χ3n) is 3.77. The first-order chi connectivity index (χ1) is 11.3. The molecule has 0 spiro atoms. The minimum absolute atomic E-state index is 0.844. The number of hydrogen-bond donors (Lipinski definition) is 1. The summed E-state index contributed by atoms with van der Waals surface area (Å²) in [7, 11) is 0. The number of thiol groups is 1. The van der Waals surface area contributed by atoms with Crippen LogP contribution in [0.3, 0.4) is 0 Å². The van der Waals surface area contributed by atoms with E-state index < -0.39 is 0 Å². The van der Waals surface area contributed by atoms with Gasteiger partial charge in [0.15, 0.2) is 0 Å². The summed E-state index contributed by atoms with van der Waals surface area (Å²) in [6, 6.07) is 10.5. The van der Waals surface area contributed by atoms with Gasteiger partial charge in [0.05, 0.1) is 0 Å². The highest BCUT2D eigenvalue weighted by molar-refractivity contribution is 7.84. The van der Waals surface area contributed by atoms with Crippen LogP contribution >= 0.6 is 12.6 Å². The Labute approximate surface area is 143 Å². The third kappa shape index (κ3) is 4.28. The van der Waals surface area contributed by atoms with E-state index in [1.54, 1.807) is 0 Å². The molecule has 0 atom stereocenters.